The van der Waals surface area contributed by atoms with Gasteiger partial charge in [-0.2, -0.15) is 0 Å². The molecule has 0 aromatic heterocycles. The lowest BCUT2D eigenvalue weighted by Gasteiger charge is -2.19. The highest BCUT2D eigenvalue weighted by Crippen LogP contribution is 2.34. The minimum atomic E-state index is -0.645. The number of rotatable bonds is 2. The summed E-state index contributed by atoms with van der Waals surface area (Å²) in [5.41, 5.74) is 4.07. The Morgan fingerprint density at radius 3 is 2.10 bits per heavy atom. The molecule has 1 N–H and O–H groups in total. The van der Waals surface area contributed by atoms with Crippen molar-refractivity contribution in [1.29, 1.82) is 0 Å². The van der Waals surface area contributed by atoms with Gasteiger partial charge in [-0.1, -0.05) is 60.1 Å². The van der Waals surface area contributed by atoms with Gasteiger partial charge in [-0.25, -0.2) is 0 Å². The maximum atomic E-state index is 10.9. The third-order valence-electron chi connectivity index (χ3n) is 4.01. The van der Waals surface area contributed by atoms with E-state index in [4.69, 9.17) is 11.6 Å². The number of aryl methyl sites for hydroxylation is 2. The van der Waals surface area contributed by atoms with Crippen molar-refractivity contribution in [3.05, 3.63) is 81.9 Å². The first-order valence-corrected chi connectivity index (χ1v) is 7.38. The fourth-order valence-electron chi connectivity index (χ4n) is 2.94. The van der Waals surface area contributed by atoms with Crippen molar-refractivity contribution in [2.45, 2.75) is 20.0 Å². The van der Waals surface area contributed by atoms with E-state index < -0.39 is 6.10 Å². The molecule has 3 rings (SSSR count). The van der Waals surface area contributed by atoms with Crippen LogP contribution in [0.25, 0.3) is 10.8 Å². The van der Waals surface area contributed by atoms with Crippen molar-refractivity contribution < 1.29 is 5.11 Å². The van der Waals surface area contributed by atoms with Gasteiger partial charge in [0, 0.05) is 10.4 Å². The second-order valence-corrected chi connectivity index (χ2v) is 5.80. The van der Waals surface area contributed by atoms with Gasteiger partial charge < -0.3 is 5.11 Å². The van der Waals surface area contributed by atoms with Gasteiger partial charge in [-0.15, -0.1) is 0 Å². The molecule has 0 bridgehead atoms. The first-order valence-electron chi connectivity index (χ1n) is 7.01. The zero-order chi connectivity index (χ0) is 15.0. The van der Waals surface area contributed by atoms with E-state index in [2.05, 4.69) is 0 Å². The van der Waals surface area contributed by atoms with Crippen LogP contribution < -0.4 is 0 Å². The molecule has 1 unspecified atom stereocenters. The summed E-state index contributed by atoms with van der Waals surface area (Å²) >= 11 is 6.26. The first kappa shape index (κ1) is 14.1. The molecule has 3 aromatic rings. The maximum absolute atomic E-state index is 10.9. The van der Waals surface area contributed by atoms with Crippen LogP contribution in [0.15, 0.2) is 54.6 Å². The number of hydrogen-bond donors (Lipinski definition) is 1. The van der Waals surface area contributed by atoms with Crippen LogP contribution in [0.3, 0.4) is 0 Å². The summed E-state index contributed by atoms with van der Waals surface area (Å²) in [4.78, 5) is 0. The second-order valence-electron chi connectivity index (χ2n) is 5.39. The fourth-order valence-corrected chi connectivity index (χ4v) is 3.17. The van der Waals surface area contributed by atoms with E-state index in [0.717, 1.165) is 33.0 Å². The Morgan fingerprint density at radius 1 is 0.810 bits per heavy atom. The van der Waals surface area contributed by atoms with Gasteiger partial charge in [0.05, 0.1) is 0 Å². The Hall–Kier alpha value is -1.83. The van der Waals surface area contributed by atoms with Gasteiger partial charge in [0.2, 0.25) is 0 Å². The van der Waals surface area contributed by atoms with Crippen LogP contribution in [-0.2, 0) is 0 Å². The number of benzene rings is 3. The number of halogens is 1. The summed E-state index contributed by atoms with van der Waals surface area (Å²) in [6, 6.07) is 17.8. The zero-order valence-corrected chi connectivity index (χ0v) is 12.9. The third kappa shape index (κ3) is 2.44. The van der Waals surface area contributed by atoms with E-state index in [0.29, 0.717) is 5.02 Å². The van der Waals surface area contributed by atoms with Gasteiger partial charge >= 0.3 is 0 Å². The maximum Gasteiger partial charge on any atom is 0.105 e. The molecule has 0 aliphatic rings. The quantitative estimate of drug-likeness (QED) is 0.690. The van der Waals surface area contributed by atoms with Crippen molar-refractivity contribution in [3.63, 3.8) is 0 Å². The second kappa shape index (κ2) is 5.51. The van der Waals surface area contributed by atoms with Crippen LogP contribution in [0, 0.1) is 13.8 Å². The molecule has 0 aliphatic carbocycles. The van der Waals surface area contributed by atoms with E-state index in [9.17, 15) is 5.11 Å². The van der Waals surface area contributed by atoms with Crippen LogP contribution >= 0.6 is 11.6 Å². The van der Waals surface area contributed by atoms with Crippen molar-refractivity contribution in [2.75, 3.05) is 0 Å². The lowest BCUT2D eigenvalue weighted by molar-refractivity contribution is 0.220. The van der Waals surface area contributed by atoms with Crippen molar-refractivity contribution in [2.24, 2.45) is 0 Å². The fraction of sp³-hybridized carbons (Fsp3) is 0.158. The monoisotopic (exact) mass is 296 g/mol. The predicted molar refractivity (Wildman–Crippen MR) is 88.9 cm³/mol. The van der Waals surface area contributed by atoms with E-state index in [1.165, 1.54) is 0 Å². The molecule has 0 fully saturated rings. The molecule has 106 valence electrons. The average molecular weight is 297 g/mol. The normalized spacial score (nSPS) is 12.6. The molecule has 1 atom stereocenters. The molecule has 21 heavy (non-hydrogen) atoms. The van der Waals surface area contributed by atoms with Crippen molar-refractivity contribution in [3.8, 4) is 0 Å². The van der Waals surface area contributed by atoms with E-state index in [1.807, 2.05) is 68.4 Å². The van der Waals surface area contributed by atoms with Crippen molar-refractivity contribution >= 4 is 22.4 Å². The Morgan fingerprint density at radius 2 is 1.43 bits per heavy atom. The Labute approximate surface area is 129 Å². The van der Waals surface area contributed by atoms with Crippen LogP contribution in [0.2, 0.25) is 5.02 Å². The minimum Gasteiger partial charge on any atom is -0.384 e. The molecular weight excluding hydrogens is 280 g/mol. The van der Waals surface area contributed by atoms with E-state index >= 15 is 0 Å². The lowest BCUT2D eigenvalue weighted by atomic mass is 9.91. The molecule has 0 heterocycles. The van der Waals surface area contributed by atoms with Gasteiger partial charge in [-0.3, -0.25) is 0 Å². The van der Waals surface area contributed by atoms with Crippen LogP contribution in [0.5, 0.6) is 0 Å². The molecular formula is C19H17ClO. The summed E-state index contributed by atoms with van der Waals surface area (Å²) in [6.07, 6.45) is -0.645. The Kier molecular flexibility index (Phi) is 3.71. The van der Waals surface area contributed by atoms with Gasteiger partial charge in [0.15, 0.2) is 0 Å². The van der Waals surface area contributed by atoms with E-state index in [-0.39, 0.29) is 0 Å². The number of fused-ring (bicyclic) bond motifs is 1. The number of hydrogen-bond acceptors (Lipinski definition) is 1. The topological polar surface area (TPSA) is 20.2 Å². The summed E-state index contributed by atoms with van der Waals surface area (Å²) in [5, 5.41) is 13.6. The molecule has 0 spiro atoms. The summed E-state index contributed by atoms with van der Waals surface area (Å²) < 4.78 is 0. The highest BCUT2D eigenvalue weighted by atomic mass is 35.5. The predicted octanol–water partition coefficient (Wildman–Crippen LogP) is 5.19. The van der Waals surface area contributed by atoms with Crippen LogP contribution in [0.1, 0.15) is 28.4 Å². The summed E-state index contributed by atoms with van der Waals surface area (Å²) in [6.45, 7) is 4.06. The standard InChI is InChI=1S/C19H17ClO/c1-12-6-5-7-13(2)18(12)19(21)16-10-11-17(20)15-9-4-3-8-14(15)16/h3-11,19,21H,1-2H3. The lowest BCUT2D eigenvalue weighted by Crippen LogP contribution is -2.05. The highest BCUT2D eigenvalue weighted by Gasteiger charge is 2.18. The summed E-state index contributed by atoms with van der Waals surface area (Å²) in [7, 11) is 0. The van der Waals surface area contributed by atoms with Crippen LogP contribution in [0.4, 0.5) is 0 Å². The molecule has 0 saturated heterocycles. The smallest absolute Gasteiger partial charge is 0.105 e. The molecule has 3 aromatic carbocycles. The van der Waals surface area contributed by atoms with Crippen molar-refractivity contribution in [1.82, 2.24) is 0 Å². The number of aliphatic hydroxyl groups excluding tert-OH is 1. The van der Waals surface area contributed by atoms with E-state index in [1.54, 1.807) is 0 Å². The Balaban J connectivity index is 2.23. The SMILES string of the molecule is Cc1cccc(C)c1C(O)c1ccc(Cl)c2ccccc12. The van der Waals surface area contributed by atoms with Gasteiger partial charge in [0.1, 0.15) is 6.10 Å². The average Bonchev–Trinajstić information content (AvgIpc) is 2.47. The summed E-state index contributed by atoms with van der Waals surface area (Å²) in [5.74, 6) is 0. The largest absolute Gasteiger partial charge is 0.384 e. The Bertz CT molecular complexity index is 788. The molecule has 0 amide bonds. The molecule has 0 radical (unpaired) electrons. The first-order chi connectivity index (χ1) is 10.1. The number of aliphatic hydroxyl groups is 1. The molecule has 0 aliphatic heterocycles. The van der Waals surface area contributed by atoms with Gasteiger partial charge in [-0.05, 0) is 47.6 Å². The third-order valence-corrected chi connectivity index (χ3v) is 4.34. The van der Waals surface area contributed by atoms with Crippen LogP contribution in [-0.4, -0.2) is 5.11 Å². The van der Waals surface area contributed by atoms with Gasteiger partial charge in [0.25, 0.3) is 0 Å². The molecule has 2 heteroatoms. The molecule has 0 saturated carbocycles. The zero-order valence-electron chi connectivity index (χ0n) is 12.1. The minimum absolute atomic E-state index is 0.645. The highest BCUT2D eigenvalue weighted by molar-refractivity contribution is 6.35. The molecule has 1 nitrogen and oxygen atoms in total.